The lowest BCUT2D eigenvalue weighted by Gasteiger charge is -2.23. The predicted molar refractivity (Wildman–Crippen MR) is 70.8 cm³/mol. The summed E-state index contributed by atoms with van der Waals surface area (Å²) < 4.78 is 23.1. The van der Waals surface area contributed by atoms with Crippen molar-refractivity contribution in [2.45, 2.75) is 18.2 Å². The Balaban J connectivity index is 3.24. The molecule has 0 aromatic heterocycles. The lowest BCUT2D eigenvalue weighted by molar-refractivity contribution is 0.513. The monoisotopic (exact) mass is 296 g/mol. The molecule has 2 unspecified atom stereocenters. The first-order valence-electron chi connectivity index (χ1n) is 4.88. The van der Waals surface area contributed by atoms with Crippen LogP contribution in [0.25, 0.3) is 0 Å². The van der Waals surface area contributed by atoms with Crippen LogP contribution in [-0.4, -0.2) is 19.9 Å². The summed E-state index contributed by atoms with van der Waals surface area (Å²) in [6.45, 7) is 1.57. The van der Waals surface area contributed by atoms with Gasteiger partial charge in [-0.05, 0) is 18.6 Å². The van der Waals surface area contributed by atoms with Crippen LogP contribution >= 0.6 is 23.2 Å². The summed E-state index contributed by atoms with van der Waals surface area (Å²) in [6.07, 6.45) is 1.15. The second-order valence-corrected chi connectivity index (χ2v) is 7.01. The van der Waals surface area contributed by atoms with Gasteiger partial charge in [-0.1, -0.05) is 35.3 Å². The fraction of sp³-hybridized carbons (Fsp3) is 0.400. The van der Waals surface area contributed by atoms with E-state index in [1.54, 1.807) is 25.1 Å². The minimum Gasteiger partial charge on any atom is -0.271 e. The first kappa shape index (κ1) is 14.7. The number of hydrogen-bond donors (Lipinski definition) is 2. The maximum Gasteiger partial charge on any atom is 0.151 e. The zero-order valence-corrected chi connectivity index (χ0v) is 11.8. The lowest BCUT2D eigenvalue weighted by Crippen LogP contribution is -2.39. The first-order valence-corrected chi connectivity index (χ1v) is 7.59. The zero-order valence-electron chi connectivity index (χ0n) is 9.44. The highest BCUT2D eigenvalue weighted by Gasteiger charge is 2.28. The van der Waals surface area contributed by atoms with Gasteiger partial charge in [-0.2, -0.15) is 0 Å². The topological polar surface area (TPSA) is 72.2 Å². The highest BCUT2D eigenvalue weighted by Crippen LogP contribution is 2.32. The molecule has 0 saturated carbocycles. The molecule has 1 aromatic rings. The van der Waals surface area contributed by atoms with E-state index in [0.29, 0.717) is 15.6 Å². The van der Waals surface area contributed by atoms with Gasteiger partial charge < -0.3 is 0 Å². The van der Waals surface area contributed by atoms with Crippen molar-refractivity contribution >= 4 is 33.0 Å². The summed E-state index contributed by atoms with van der Waals surface area (Å²) in [6, 6.07) is 4.42. The number of hydrogen-bond acceptors (Lipinski definition) is 4. The van der Waals surface area contributed by atoms with Crippen LogP contribution in [0.1, 0.15) is 18.5 Å². The molecule has 0 radical (unpaired) electrons. The molecule has 0 fully saturated rings. The van der Waals surface area contributed by atoms with Crippen molar-refractivity contribution in [2.75, 3.05) is 6.26 Å². The van der Waals surface area contributed by atoms with Crippen molar-refractivity contribution in [1.82, 2.24) is 5.43 Å². The lowest BCUT2D eigenvalue weighted by atomic mass is 10.0. The molecule has 0 aliphatic heterocycles. The van der Waals surface area contributed by atoms with E-state index < -0.39 is 21.1 Å². The largest absolute Gasteiger partial charge is 0.271 e. The number of halogens is 2. The fourth-order valence-corrected chi connectivity index (χ4v) is 2.63. The smallest absolute Gasteiger partial charge is 0.151 e. The quantitative estimate of drug-likeness (QED) is 0.658. The Bertz CT molecular complexity index is 505. The average Bonchev–Trinajstić information content (AvgIpc) is 2.23. The number of hydrazine groups is 1. The molecule has 0 aliphatic carbocycles. The van der Waals surface area contributed by atoms with Gasteiger partial charge in [-0.25, -0.2) is 8.42 Å². The Morgan fingerprint density at radius 2 is 1.94 bits per heavy atom. The Labute approximate surface area is 111 Å². The summed E-state index contributed by atoms with van der Waals surface area (Å²) in [5.74, 6) is 5.41. The predicted octanol–water partition coefficient (Wildman–Crippen LogP) is 1.93. The summed E-state index contributed by atoms with van der Waals surface area (Å²) >= 11 is 11.9. The van der Waals surface area contributed by atoms with Crippen molar-refractivity contribution in [2.24, 2.45) is 5.84 Å². The van der Waals surface area contributed by atoms with Gasteiger partial charge in [0.25, 0.3) is 0 Å². The molecule has 7 heteroatoms. The molecule has 0 saturated heterocycles. The SMILES string of the molecule is CC(C(NN)c1cccc(Cl)c1Cl)S(C)(=O)=O. The number of sulfone groups is 1. The molecule has 0 heterocycles. The van der Waals surface area contributed by atoms with Crippen molar-refractivity contribution < 1.29 is 8.42 Å². The zero-order chi connectivity index (χ0) is 13.2. The minimum absolute atomic E-state index is 0.313. The van der Waals surface area contributed by atoms with Gasteiger partial charge in [0.1, 0.15) is 0 Å². The molecule has 17 heavy (non-hydrogen) atoms. The second-order valence-electron chi connectivity index (χ2n) is 3.82. The van der Waals surface area contributed by atoms with Crippen LogP contribution in [0.4, 0.5) is 0 Å². The van der Waals surface area contributed by atoms with E-state index in [2.05, 4.69) is 5.43 Å². The second kappa shape index (κ2) is 5.54. The van der Waals surface area contributed by atoms with Gasteiger partial charge in [0, 0.05) is 6.26 Å². The molecular weight excluding hydrogens is 283 g/mol. The number of nitrogens with one attached hydrogen (secondary N) is 1. The Morgan fingerprint density at radius 3 is 2.41 bits per heavy atom. The summed E-state index contributed by atoms with van der Waals surface area (Å²) in [5.41, 5.74) is 3.04. The van der Waals surface area contributed by atoms with Crippen LogP contribution in [0.15, 0.2) is 18.2 Å². The summed E-state index contributed by atoms with van der Waals surface area (Å²) in [7, 11) is -3.24. The van der Waals surface area contributed by atoms with Crippen molar-refractivity contribution in [3.05, 3.63) is 33.8 Å². The maximum absolute atomic E-state index is 11.5. The van der Waals surface area contributed by atoms with E-state index in [1.807, 2.05) is 0 Å². The molecular formula is C10H14Cl2N2O2S. The van der Waals surface area contributed by atoms with Crippen LogP contribution in [0.3, 0.4) is 0 Å². The van der Waals surface area contributed by atoms with Gasteiger partial charge in [0.05, 0.1) is 21.3 Å². The minimum atomic E-state index is -3.24. The van der Waals surface area contributed by atoms with Gasteiger partial charge in [-0.3, -0.25) is 11.3 Å². The van der Waals surface area contributed by atoms with Crippen LogP contribution in [-0.2, 0) is 9.84 Å². The maximum atomic E-state index is 11.5. The van der Waals surface area contributed by atoms with E-state index in [0.717, 1.165) is 6.26 Å². The van der Waals surface area contributed by atoms with Crippen molar-refractivity contribution in [3.63, 3.8) is 0 Å². The summed E-state index contributed by atoms with van der Waals surface area (Å²) in [5, 5.41) is -0.0267. The third-order valence-corrected chi connectivity index (χ3v) is 5.10. The Hall–Kier alpha value is -0.330. The Morgan fingerprint density at radius 1 is 1.35 bits per heavy atom. The molecule has 4 nitrogen and oxygen atoms in total. The standard InChI is InChI=1S/C10H14Cl2N2O2S/c1-6(17(2,15)16)10(14-13)7-4-3-5-8(11)9(7)12/h3-6,10,14H,13H2,1-2H3. The summed E-state index contributed by atoms with van der Waals surface area (Å²) in [4.78, 5) is 0. The third kappa shape index (κ3) is 3.33. The van der Waals surface area contributed by atoms with Gasteiger partial charge in [-0.15, -0.1) is 0 Å². The highest BCUT2D eigenvalue weighted by molar-refractivity contribution is 7.91. The van der Waals surface area contributed by atoms with Crippen LogP contribution in [0.2, 0.25) is 10.0 Å². The molecule has 0 amide bonds. The van der Waals surface area contributed by atoms with Crippen LogP contribution in [0, 0.1) is 0 Å². The fourth-order valence-electron chi connectivity index (χ4n) is 1.49. The van der Waals surface area contributed by atoms with Crippen molar-refractivity contribution in [1.29, 1.82) is 0 Å². The first-order chi connectivity index (χ1) is 7.79. The molecule has 0 bridgehead atoms. The van der Waals surface area contributed by atoms with E-state index in [9.17, 15) is 8.42 Å². The van der Waals surface area contributed by atoms with Gasteiger partial charge >= 0.3 is 0 Å². The van der Waals surface area contributed by atoms with Crippen molar-refractivity contribution in [3.8, 4) is 0 Å². The van der Waals surface area contributed by atoms with Gasteiger partial charge in [0.15, 0.2) is 9.84 Å². The number of rotatable bonds is 4. The molecule has 96 valence electrons. The molecule has 0 spiro atoms. The molecule has 0 aliphatic rings. The van der Waals surface area contributed by atoms with E-state index >= 15 is 0 Å². The molecule has 2 atom stereocenters. The normalized spacial score (nSPS) is 15.6. The number of benzene rings is 1. The number of nitrogens with two attached hydrogens (primary N) is 1. The van der Waals surface area contributed by atoms with E-state index in [1.165, 1.54) is 0 Å². The molecule has 1 aromatic carbocycles. The third-order valence-electron chi connectivity index (χ3n) is 2.64. The Kier molecular flexibility index (Phi) is 4.80. The molecule has 1 rings (SSSR count). The molecule has 3 N–H and O–H groups in total. The van der Waals surface area contributed by atoms with Crippen LogP contribution in [0.5, 0.6) is 0 Å². The van der Waals surface area contributed by atoms with Crippen LogP contribution < -0.4 is 11.3 Å². The highest BCUT2D eigenvalue weighted by atomic mass is 35.5. The van der Waals surface area contributed by atoms with E-state index in [-0.39, 0.29) is 0 Å². The van der Waals surface area contributed by atoms with E-state index in [4.69, 9.17) is 29.0 Å². The van der Waals surface area contributed by atoms with Gasteiger partial charge in [0.2, 0.25) is 0 Å². The average molecular weight is 297 g/mol.